The summed E-state index contributed by atoms with van der Waals surface area (Å²) in [6.07, 6.45) is 7.68. The Morgan fingerprint density at radius 3 is 2.83 bits per heavy atom. The summed E-state index contributed by atoms with van der Waals surface area (Å²) in [5.74, 6) is 1.96. The maximum atomic E-state index is 5.60. The molecular weight excluding hydrogens is 222 g/mol. The minimum Gasteiger partial charge on any atom is -0.496 e. The third-order valence-electron chi connectivity index (χ3n) is 4.53. The standard InChI is InChI=1S/C16H23NO/c1-18-16-6-5-13-3-2-4-14(13)15(16)11-12-7-9-17-10-8-12/h5-6,12,17H,2-4,7-11H2,1H3. The Kier molecular flexibility index (Phi) is 3.55. The fraction of sp³-hybridized carbons (Fsp3) is 0.625. The predicted octanol–water partition coefficient (Wildman–Crippen LogP) is 2.73. The van der Waals surface area contributed by atoms with Gasteiger partial charge >= 0.3 is 0 Å². The molecule has 2 nitrogen and oxygen atoms in total. The van der Waals surface area contributed by atoms with Crippen molar-refractivity contribution in [2.45, 2.75) is 38.5 Å². The Morgan fingerprint density at radius 2 is 2.06 bits per heavy atom. The van der Waals surface area contributed by atoms with Crippen LogP contribution in [-0.4, -0.2) is 20.2 Å². The highest BCUT2D eigenvalue weighted by Gasteiger charge is 2.22. The van der Waals surface area contributed by atoms with Gasteiger partial charge in [-0.15, -0.1) is 0 Å². The molecule has 1 N–H and O–H groups in total. The average Bonchev–Trinajstić information content (AvgIpc) is 2.89. The maximum absolute atomic E-state index is 5.60. The zero-order chi connectivity index (χ0) is 12.4. The quantitative estimate of drug-likeness (QED) is 0.884. The van der Waals surface area contributed by atoms with Gasteiger partial charge in [-0.3, -0.25) is 0 Å². The molecule has 2 aliphatic rings. The molecule has 0 bridgehead atoms. The fourth-order valence-corrected chi connectivity index (χ4v) is 3.51. The van der Waals surface area contributed by atoms with Gasteiger partial charge in [0.25, 0.3) is 0 Å². The van der Waals surface area contributed by atoms with Crippen LogP contribution in [0.25, 0.3) is 0 Å². The van der Waals surface area contributed by atoms with Crippen molar-refractivity contribution in [2.24, 2.45) is 5.92 Å². The number of ether oxygens (including phenoxy) is 1. The second kappa shape index (κ2) is 5.31. The lowest BCUT2D eigenvalue weighted by Gasteiger charge is -2.24. The highest BCUT2D eigenvalue weighted by Crippen LogP contribution is 2.34. The Morgan fingerprint density at radius 1 is 1.22 bits per heavy atom. The number of piperidine rings is 1. The van der Waals surface area contributed by atoms with Crippen LogP contribution in [0.15, 0.2) is 12.1 Å². The van der Waals surface area contributed by atoms with E-state index >= 15 is 0 Å². The van der Waals surface area contributed by atoms with Gasteiger partial charge in [0.15, 0.2) is 0 Å². The summed E-state index contributed by atoms with van der Waals surface area (Å²) in [6, 6.07) is 4.45. The molecule has 0 amide bonds. The Labute approximate surface area is 110 Å². The van der Waals surface area contributed by atoms with E-state index in [0.717, 1.165) is 11.7 Å². The summed E-state index contributed by atoms with van der Waals surface area (Å²) >= 11 is 0. The molecular formula is C16H23NO. The Hall–Kier alpha value is -1.02. The summed E-state index contributed by atoms with van der Waals surface area (Å²) in [6.45, 7) is 2.37. The smallest absolute Gasteiger partial charge is 0.122 e. The predicted molar refractivity (Wildman–Crippen MR) is 74.3 cm³/mol. The zero-order valence-corrected chi connectivity index (χ0v) is 11.3. The lowest BCUT2D eigenvalue weighted by molar-refractivity contribution is 0.360. The van der Waals surface area contributed by atoms with Crippen LogP contribution in [-0.2, 0) is 19.3 Å². The topological polar surface area (TPSA) is 21.3 Å². The molecule has 1 aliphatic heterocycles. The number of nitrogens with one attached hydrogen (secondary N) is 1. The molecule has 1 heterocycles. The molecule has 98 valence electrons. The molecule has 1 aromatic carbocycles. The number of fused-ring (bicyclic) bond motifs is 1. The largest absolute Gasteiger partial charge is 0.496 e. The van der Waals surface area contributed by atoms with E-state index < -0.39 is 0 Å². The fourth-order valence-electron chi connectivity index (χ4n) is 3.51. The molecule has 18 heavy (non-hydrogen) atoms. The van der Waals surface area contributed by atoms with Crippen molar-refractivity contribution in [1.82, 2.24) is 5.32 Å². The van der Waals surface area contributed by atoms with Crippen molar-refractivity contribution in [3.05, 3.63) is 28.8 Å². The monoisotopic (exact) mass is 245 g/mol. The molecule has 2 heteroatoms. The van der Waals surface area contributed by atoms with Gasteiger partial charge in [-0.2, -0.15) is 0 Å². The van der Waals surface area contributed by atoms with Crippen LogP contribution in [0.5, 0.6) is 5.75 Å². The van der Waals surface area contributed by atoms with E-state index in [4.69, 9.17) is 4.74 Å². The molecule has 0 radical (unpaired) electrons. The number of hydrogen-bond acceptors (Lipinski definition) is 2. The second-order valence-electron chi connectivity index (χ2n) is 5.64. The number of methoxy groups -OCH3 is 1. The minimum absolute atomic E-state index is 0.840. The molecule has 1 aliphatic carbocycles. The minimum atomic E-state index is 0.840. The van der Waals surface area contributed by atoms with E-state index in [-0.39, 0.29) is 0 Å². The van der Waals surface area contributed by atoms with Gasteiger partial charge in [-0.05, 0) is 80.3 Å². The van der Waals surface area contributed by atoms with Crippen molar-refractivity contribution in [3.63, 3.8) is 0 Å². The van der Waals surface area contributed by atoms with E-state index in [2.05, 4.69) is 17.4 Å². The van der Waals surface area contributed by atoms with Gasteiger partial charge in [0.2, 0.25) is 0 Å². The Balaban J connectivity index is 1.86. The van der Waals surface area contributed by atoms with Crippen molar-refractivity contribution in [2.75, 3.05) is 20.2 Å². The summed E-state index contributed by atoms with van der Waals surface area (Å²) in [4.78, 5) is 0. The van der Waals surface area contributed by atoms with Crippen LogP contribution >= 0.6 is 0 Å². The van der Waals surface area contributed by atoms with E-state index in [1.807, 2.05) is 7.11 Å². The van der Waals surface area contributed by atoms with Crippen LogP contribution in [0.2, 0.25) is 0 Å². The number of rotatable bonds is 3. The molecule has 0 spiro atoms. The molecule has 1 fully saturated rings. The van der Waals surface area contributed by atoms with Crippen molar-refractivity contribution < 1.29 is 4.74 Å². The maximum Gasteiger partial charge on any atom is 0.122 e. The van der Waals surface area contributed by atoms with Gasteiger partial charge < -0.3 is 10.1 Å². The molecule has 0 aromatic heterocycles. The van der Waals surface area contributed by atoms with Crippen LogP contribution < -0.4 is 10.1 Å². The Bertz CT molecular complexity index is 421. The van der Waals surface area contributed by atoms with Gasteiger partial charge in [0.05, 0.1) is 7.11 Å². The molecule has 1 saturated heterocycles. The van der Waals surface area contributed by atoms with Gasteiger partial charge in [0.1, 0.15) is 5.75 Å². The van der Waals surface area contributed by atoms with Crippen molar-refractivity contribution in [1.29, 1.82) is 0 Å². The third-order valence-corrected chi connectivity index (χ3v) is 4.53. The van der Waals surface area contributed by atoms with E-state index in [1.54, 1.807) is 11.1 Å². The summed E-state index contributed by atoms with van der Waals surface area (Å²) in [5, 5.41) is 3.45. The van der Waals surface area contributed by atoms with E-state index in [0.29, 0.717) is 0 Å². The summed E-state index contributed by atoms with van der Waals surface area (Å²) in [5.41, 5.74) is 4.69. The SMILES string of the molecule is COc1ccc2c(c1CC1CCNCC1)CCC2. The second-order valence-corrected chi connectivity index (χ2v) is 5.64. The van der Waals surface area contributed by atoms with Crippen LogP contribution in [0, 0.1) is 5.92 Å². The summed E-state index contributed by atoms with van der Waals surface area (Å²) in [7, 11) is 1.81. The first-order valence-corrected chi connectivity index (χ1v) is 7.27. The first-order chi connectivity index (χ1) is 8.88. The van der Waals surface area contributed by atoms with Gasteiger partial charge in [-0.1, -0.05) is 6.07 Å². The zero-order valence-electron chi connectivity index (χ0n) is 11.3. The first kappa shape index (κ1) is 12.0. The lowest BCUT2D eigenvalue weighted by Crippen LogP contribution is -2.29. The first-order valence-electron chi connectivity index (χ1n) is 7.27. The van der Waals surface area contributed by atoms with Crippen LogP contribution in [0.1, 0.15) is 36.0 Å². The number of hydrogen-bond donors (Lipinski definition) is 1. The highest BCUT2D eigenvalue weighted by atomic mass is 16.5. The van der Waals surface area contributed by atoms with Crippen LogP contribution in [0.4, 0.5) is 0 Å². The van der Waals surface area contributed by atoms with Gasteiger partial charge in [0, 0.05) is 0 Å². The average molecular weight is 245 g/mol. The third kappa shape index (κ3) is 2.26. The van der Waals surface area contributed by atoms with E-state index in [9.17, 15) is 0 Å². The van der Waals surface area contributed by atoms with Crippen molar-refractivity contribution >= 4 is 0 Å². The lowest BCUT2D eigenvalue weighted by atomic mass is 9.87. The summed E-state index contributed by atoms with van der Waals surface area (Å²) < 4.78 is 5.60. The molecule has 3 rings (SSSR count). The normalized spacial score (nSPS) is 19.8. The van der Waals surface area contributed by atoms with Crippen molar-refractivity contribution in [3.8, 4) is 5.75 Å². The molecule has 1 aromatic rings. The molecule has 0 saturated carbocycles. The number of benzene rings is 1. The molecule has 0 atom stereocenters. The highest BCUT2D eigenvalue weighted by molar-refractivity contribution is 5.47. The number of aryl methyl sites for hydroxylation is 1. The molecule has 0 unspecified atom stereocenters. The van der Waals surface area contributed by atoms with Crippen LogP contribution in [0.3, 0.4) is 0 Å². The van der Waals surface area contributed by atoms with E-state index in [1.165, 1.54) is 57.2 Å². The van der Waals surface area contributed by atoms with Gasteiger partial charge in [-0.25, -0.2) is 0 Å².